The number of hydrogen-bond acceptors (Lipinski definition) is 3. The smallest absolute Gasteiger partial charge is 0.217 e. The van der Waals surface area contributed by atoms with E-state index in [1.807, 2.05) is 12.1 Å². The lowest BCUT2D eigenvalue weighted by Gasteiger charge is -2.29. The first-order chi connectivity index (χ1) is 9.69. The highest BCUT2D eigenvalue weighted by Gasteiger charge is 2.43. The number of carbonyl (C=O) groups excluding carboxylic acids is 1. The first-order valence-corrected chi connectivity index (χ1v) is 7.36. The lowest BCUT2D eigenvalue weighted by molar-refractivity contribution is -0.119. The van der Waals surface area contributed by atoms with Crippen LogP contribution in [0, 0.1) is 0 Å². The van der Waals surface area contributed by atoms with Crippen LogP contribution in [-0.4, -0.2) is 36.5 Å². The normalized spacial score (nSPS) is 26.5. The van der Waals surface area contributed by atoms with Gasteiger partial charge in [0.1, 0.15) is 5.75 Å². The Morgan fingerprint density at radius 2 is 2.15 bits per heavy atom. The third-order valence-electron chi connectivity index (χ3n) is 4.28. The SMILES string of the molecule is COc1cccc([C@H]2[C@H](NC(C)=O)CCN2C2CC2)c1. The number of rotatable bonds is 4. The van der Waals surface area contributed by atoms with Crippen LogP contribution in [0.25, 0.3) is 0 Å². The predicted octanol–water partition coefficient (Wildman–Crippen LogP) is 2.11. The summed E-state index contributed by atoms with van der Waals surface area (Å²) in [6.07, 6.45) is 3.60. The molecule has 4 nitrogen and oxygen atoms in total. The highest BCUT2D eigenvalue weighted by Crippen LogP contribution is 2.41. The Balaban J connectivity index is 1.88. The van der Waals surface area contributed by atoms with E-state index in [4.69, 9.17) is 4.74 Å². The van der Waals surface area contributed by atoms with Gasteiger partial charge in [0.05, 0.1) is 13.2 Å². The minimum absolute atomic E-state index is 0.0561. The van der Waals surface area contributed by atoms with Gasteiger partial charge in [0.25, 0.3) is 0 Å². The first-order valence-electron chi connectivity index (χ1n) is 7.36. The van der Waals surface area contributed by atoms with Crippen LogP contribution in [0.5, 0.6) is 5.75 Å². The van der Waals surface area contributed by atoms with Crippen molar-refractivity contribution in [3.63, 3.8) is 0 Å². The molecule has 1 N–H and O–H groups in total. The summed E-state index contributed by atoms with van der Waals surface area (Å²) in [5.74, 6) is 0.937. The Kier molecular flexibility index (Phi) is 3.66. The van der Waals surface area contributed by atoms with Crippen molar-refractivity contribution >= 4 is 5.91 Å². The highest BCUT2D eigenvalue weighted by molar-refractivity contribution is 5.73. The molecule has 0 unspecified atom stereocenters. The molecule has 0 radical (unpaired) electrons. The topological polar surface area (TPSA) is 41.6 Å². The molecule has 1 aliphatic carbocycles. The lowest BCUT2D eigenvalue weighted by atomic mass is 9.99. The fourth-order valence-corrected chi connectivity index (χ4v) is 3.29. The van der Waals surface area contributed by atoms with Crippen LogP contribution in [-0.2, 0) is 4.79 Å². The van der Waals surface area contributed by atoms with E-state index in [9.17, 15) is 4.79 Å². The van der Waals surface area contributed by atoms with Crippen LogP contribution < -0.4 is 10.1 Å². The van der Waals surface area contributed by atoms with Gasteiger partial charge in [0.2, 0.25) is 5.91 Å². The molecule has 2 aliphatic rings. The average Bonchev–Trinajstić information content (AvgIpc) is 3.20. The second kappa shape index (κ2) is 5.44. The Bertz CT molecular complexity index is 499. The lowest BCUT2D eigenvalue weighted by Crippen LogP contribution is -2.39. The Labute approximate surface area is 120 Å². The first kappa shape index (κ1) is 13.4. The maximum atomic E-state index is 11.4. The molecular weight excluding hydrogens is 252 g/mol. The van der Waals surface area contributed by atoms with Crippen LogP contribution in [0.4, 0.5) is 0 Å². The van der Waals surface area contributed by atoms with E-state index >= 15 is 0 Å². The summed E-state index contributed by atoms with van der Waals surface area (Å²) in [5, 5.41) is 3.12. The van der Waals surface area contributed by atoms with Crippen LogP contribution in [0.3, 0.4) is 0 Å². The number of hydrogen-bond donors (Lipinski definition) is 1. The number of methoxy groups -OCH3 is 1. The molecular formula is C16H22N2O2. The van der Waals surface area contributed by atoms with Crippen molar-refractivity contribution in [2.75, 3.05) is 13.7 Å². The summed E-state index contributed by atoms with van der Waals surface area (Å²) in [5.41, 5.74) is 1.24. The van der Waals surface area contributed by atoms with Crippen molar-refractivity contribution in [3.8, 4) is 5.75 Å². The molecule has 0 bridgehead atoms. The standard InChI is InChI=1S/C16H22N2O2/c1-11(19)17-15-8-9-18(13-6-7-13)16(15)12-4-3-5-14(10-12)20-2/h3-5,10,13,15-16H,6-9H2,1-2H3,(H,17,19)/t15-,16+/m1/s1. The zero-order valence-electron chi connectivity index (χ0n) is 12.1. The Hall–Kier alpha value is -1.55. The summed E-state index contributed by atoms with van der Waals surface area (Å²) in [4.78, 5) is 14.0. The predicted molar refractivity (Wildman–Crippen MR) is 77.7 cm³/mol. The Morgan fingerprint density at radius 1 is 1.35 bits per heavy atom. The van der Waals surface area contributed by atoms with Crippen molar-refractivity contribution in [1.29, 1.82) is 0 Å². The van der Waals surface area contributed by atoms with Crippen LogP contribution in [0.2, 0.25) is 0 Å². The van der Waals surface area contributed by atoms with E-state index in [1.165, 1.54) is 18.4 Å². The van der Waals surface area contributed by atoms with Crippen molar-refractivity contribution in [2.24, 2.45) is 0 Å². The van der Waals surface area contributed by atoms with Crippen molar-refractivity contribution in [3.05, 3.63) is 29.8 Å². The summed E-state index contributed by atoms with van der Waals surface area (Å²) < 4.78 is 5.34. The number of likely N-dealkylation sites (tertiary alicyclic amines) is 1. The minimum atomic E-state index is 0.0561. The molecule has 1 saturated heterocycles. The molecule has 1 amide bonds. The van der Waals surface area contributed by atoms with E-state index in [0.717, 1.165) is 18.7 Å². The number of benzene rings is 1. The largest absolute Gasteiger partial charge is 0.497 e. The molecule has 2 atom stereocenters. The molecule has 0 spiro atoms. The number of nitrogens with one attached hydrogen (secondary N) is 1. The van der Waals surface area contributed by atoms with E-state index < -0.39 is 0 Å². The monoisotopic (exact) mass is 274 g/mol. The molecule has 1 aliphatic heterocycles. The van der Waals surface area contributed by atoms with Gasteiger partial charge >= 0.3 is 0 Å². The van der Waals surface area contributed by atoms with Gasteiger partial charge in [-0.3, -0.25) is 9.69 Å². The van der Waals surface area contributed by atoms with Gasteiger partial charge in [0, 0.05) is 25.6 Å². The number of ether oxygens (including phenoxy) is 1. The molecule has 4 heteroatoms. The Morgan fingerprint density at radius 3 is 2.80 bits per heavy atom. The zero-order chi connectivity index (χ0) is 14.1. The fourth-order valence-electron chi connectivity index (χ4n) is 3.29. The molecule has 1 saturated carbocycles. The third kappa shape index (κ3) is 2.66. The number of nitrogens with zero attached hydrogens (tertiary/aromatic N) is 1. The van der Waals surface area contributed by atoms with Crippen LogP contribution >= 0.6 is 0 Å². The molecule has 108 valence electrons. The van der Waals surface area contributed by atoms with Gasteiger partial charge in [-0.15, -0.1) is 0 Å². The van der Waals surface area contributed by atoms with Crippen molar-refractivity contribution < 1.29 is 9.53 Å². The maximum Gasteiger partial charge on any atom is 0.217 e. The molecule has 2 fully saturated rings. The van der Waals surface area contributed by atoms with E-state index in [2.05, 4.69) is 22.3 Å². The van der Waals surface area contributed by atoms with Gasteiger partial charge in [-0.2, -0.15) is 0 Å². The van der Waals surface area contributed by atoms with Crippen molar-refractivity contribution in [1.82, 2.24) is 10.2 Å². The molecule has 0 aromatic heterocycles. The van der Waals surface area contributed by atoms with E-state index in [0.29, 0.717) is 6.04 Å². The van der Waals surface area contributed by atoms with Crippen LogP contribution in [0.15, 0.2) is 24.3 Å². The molecule has 3 rings (SSSR count). The van der Waals surface area contributed by atoms with Gasteiger partial charge in [0.15, 0.2) is 0 Å². The van der Waals surface area contributed by atoms with Gasteiger partial charge < -0.3 is 10.1 Å². The second-order valence-electron chi connectivity index (χ2n) is 5.79. The third-order valence-corrected chi connectivity index (χ3v) is 4.28. The van der Waals surface area contributed by atoms with Crippen molar-refractivity contribution in [2.45, 2.75) is 44.3 Å². The fraction of sp³-hybridized carbons (Fsp3) is 0.562. The minimum Gasteiger partial charge on any atom is -0.497 e. The zero-order valence-corrected chi connectivity index (χ0v) is 12.1. The molecule has 1 heterocycles. The highest BCUT2D eigenvalue weighted by atomic mass is 16.5. The molecule has 1 aromatic carbocycles. The molecule has 1 aromatic rings. The number of carbonyl (C=O) groups is 1. The summed E-state index contributed by atoms with van der Waals surface area (Å²) >= 11 is 0. The van der Waals surface area contributed by atoms with Gasteiger partial charge in [-0.1, -0.05) is 12.1 Å². The summed E-state index contributed by atoms with van der Waals surface area (Å²) in [6.45, 7) is 2.67. The average molecular weight is 274 g/mol. The quantitative estimate of drug-likeness (QED) is 0.914. The molecule has 20 heavy (non-hydrogen) atoms. The van der Waals surface area contributed by atoms with Gasteiger partial charge in [-0.25, -0.2) is 0 Å². The van der Waals surface area contributed by atoms with E-state index in [1.54, 1.807) is 14.0 Å². The summed E-state index contributed by atoms with van der Waals surface area (Å²) in [7, 11) is 1.69. The van der Waals surface area contributed by atoms with E-state index in [-0.39, 0.29) is 18.0 Å². The summed E-state index contributed by atoms with van der Waals surface area (Å²) in [6, 6.07) is 9.42. The second-order valence-corrected chi connectivity index (χ2v) is 5.79. The number of amides is 1. The van der Waals surface area contributed by atoms with Gasteiger partial charge in [-0.05, 0) is 37.0 Å². The van der Waals surface area contributed by atoms with Crippen LogP contribution in [0.1, 0.15) is 37.8 Å². The maximum absolute atomic E-state index is 11.4.